The van der Waals surface area contributed by atoms with Gasteiger partial charge >= 0.3 is 0 Å². The molecule has 0 spiro atoms. The van der Waals surface area contributed by atoms with E-state index in [1.165, 1.54) is 0 Å². The summed E-state index contributed by atoms with van der Waals surface area (Å²) in [5, 5.41) is 9.70. The number of nitrogens with one attached hydrogen (secondary N) is 1. The third-order valence-corrected chi connectivity index (χ3v) is 4.77. The molecule has 2 rings (SSSR count). The smallest absolute Gasteiger partial charge is 0.241 e. The maximum Gasteiger partial charge on any atom is 0.241 e. The second kappa shape index (κ2) is 5.71. The maximum atomic E-state index is 13.1. The third kappa shape index (κ3) is 3.13. The van der Waals surface area contributed by atoms with Gasteiger partial charge in [0.05, 0.1) is 11.0 Å². The molecule has 0 radical (unpaired) electrons. The van der Waals surface area contributed by atoms with Crippen molar-refractivity contribution in [3.8, 4) is 0 Å². The summed E-state index contributed by atoms with van der Waals surface area (Å²) >= 11 is 0. The predicted octanol–water partition coefficient (Wildman–Crippen LogP) is 1.69. The van der Waals surface area contributed by atoms with E-state index in [1.807, 2.05) is 0 Å². The number of aliphatic hydroxyl groups excluding tert-OH is 1. The quantitative estimate of drug-likeness (QED) is 0.835. The lowest BCUT2D eigenvalue weighted by molar-refractivity contribution is 0.101. The first kappa shape index (κ1) is 15.3. The zero-order valence-electron chi connectivity index (χ0n) is 10.4. The minimum absolute atomic E-state index is 0.413. The normalized spacial score (nSPS) is 23.8. The van der Waals surface area contributed by atoms with Gasteiger partial charge in [0.15, 0.2) is 17.5 Å². The molecule has 0 aromatic heterocycles. The van der Waals surface area contributed by atoms with Gasteiger partial charge in [0.2, 0.25) is 10.0 Å². The van der Waals surface area contributed by atoms with Crippen LogP contribution < -0.4 is 4.72 Å². The molecule has 1 aliphatic carbocycles. The zero-order valence-corrected chi connectivity index (χ0v) is 11.3. The summed E-state index contributed by atoms with van der Waals surface area (Å²) < 4.78 is 65.1. The topological polar surface area (TPSA) is 66.4 Å². The Morgan fingerprint density at radius 1 is 1.10 bits per heavy atom. The molecule has 4 nitrogen and oxygen atoms in total. The first-order valence-electron chi connectivity index (χ1n) is 6.16. The molecule has 1 saturated carbocycles. The monoisotopic (exact) mass is 309 g/mol. The lowest BCUT2D eigenvalue weighted by Gasteiger charge is -2.28. The molecular formula is C12H14F3NO3S. The van der Waals surface area contributed by atoms with Crippen molar-refractivity contribution in [2.75, 3.05) is 0 Å². The highest BCUT2D eigenvalue weighted by atomic mass is 32.2. The number of rotatable bonds is 3. The molecule has 8 heteroatoms. The SMILES string of the molecule is O=S(=O)(NC1CCCCC1O)c1cc(F)c(F)c(F)c1. The Hall–Kier alpha value is -1.12. The Morgan fingerprint density at radius 3 is 2.20 bits per heavy atom. The van der Waals surface area contributed by atoms with Crippen LogP contribution >= 0.6 is 0 Å². The third-order valence-electron chi connectivity index (χ3n) is 3.30. The molecule has 112 valence electrons. The summed E-state index contributed by atoms with van der Waals surface area (Å²) in [6.45, 7) is 0. The van der Waals surface area contributed by atoms with Gasteiger partial charge in [-0.1, -0.05) is 12.8 Å². The van der Waals surface area contributed by atoms with E-state index in [-0.39, 0.29) is 0 Å². The van der Waals surface area contributed by atoms with Crippen LogP contribution in [0.5, 0.6) is 0 Å². The molecule has 2 atom stereocenters. The molecule has 2 N–H and O–H groups in total. The van der Waals surface area contributed by atoms with Crippen LogP contribution in [-0.4, -0.2) is 25.7 Å². The average Bonchev–Trinajstić information content (AvgIpc) is 2.38. The Labute approximate surface area is 114 Å². The van der Waals surface area contributed by atoms with Crippen molar-refractivity contribution < 1.29 is 26.7 Å². The minimum Gasteiger partial charge on any atom is -0.391 e. The molecule has 1 aromatic carbocycles. The van der Waals surface area contributed by atoms with E-state index >= 15 is 0 Å². The van der Waals surface area contributed by atoms with Crippen molar-refractivity contribution in [2.24, 2.45) is 0 Å². The number of hydrogen-bond donors (Lipinski definition) is 2. The number of aliphatic hydroxyl groups is 1. The highest BCUT2D eigenvalue weighted by Crippen LogP contribution is 2.22. The first-order chi connectivity index (χ1) is 9.31. The standard InChI is InChI=1S/C12H14F3NO3S/c13-8-5-7(6-9(14)12(8)15)20(18,19)16-10-3-1-2-4-11(10)17/h5-6,10-11,16-17H,1-4H2. The van der Waals surface area contributed by atoms with E-state index < -0.39 is 44.5 Å². The molecule has 20 heavy (non-hydrogen) atoms. The molecule has 0 saturated heterocycles. The van der Waals surface area contributed by atoms with Gasteiger partial charge in [-0.2, -0.15) is 0 Å². The van der Waals surface area contributed by atoms with Gasteiger partial charge in [0.25, 0.3) is 0 Å². The van der Waals surface area contributed by atoms with E-state index in [2.05, 4.69) is 4.72 Å². The fourth-order valence-electron chi connectivity index (χ4n) is 2.20. The van der Waals surface area contributed by atoms with Crippen molar-refractivity contribution in [3.63, 3.8) is 0 Å². The van der Waals surface area contributed by atoms with Crippen molar-refractivity contribution in [1.29, 1.82) is 0 Å². The van der Waals surface area contributed by atoms with E-state index in [9.17, 15) is 26.7 Å². The van der Waals surface area contributed by atoms with E-state index in [0.29, 0.717) is 25.0 Å². The average molecular weight is 309 g/mol. The first-order valence-corrected chi connectivity index (χ1v) is 7.64. The summed E-state index contributed by atoms with van der Waals surface area (Å²) in [6, 6.07) is 0.122. The second-order valence-electron chi connectivity index (χ2n) is 4.78. The van der Waals surface area contributed by atoms with Crippen LogP contribution in [0, 0.1) is 17.5 Å². The highest BCUT2D eigenvalue weighted by Gasteiger charge is 2.29. The fraction of sp³-hybridized carbons (Fsp3) is 0.500. The largest absolute Gasteiger partial charge is 0.391 e. The summed E-state index contributed by atoms with van der Waals surface area (Å²) in [6.07, 6.45) is 1.59. The van der Waals surface area contributed by atoms with Crippen molar-refractivity contribution >= 4 is 10.0 Å². The molecule has 1 aliphatic rings. The molecule has 0 amide bonds. The lowest BCUT2D eigenvalue weighted by atomic mass is 9.93. The fourth-order valence-corrected chi connectivity index (χ4v) is 3.53. The van der Waals surface area contributed by atoms with Crippen LogP contribution in [0.3, 0.4) is 0 Å². The van der Waals surface area contributed by atoms with Crippen LogP contribution in [0.15, 0.2) is 17.0 Å². The molecule has 1 aromatic rings. The van der Waals surface area contributed by atoms with E-state index in [1.54, 1.807) is 0 Å². The Balaban J connectivity index is 2.26. The predicted molar refractivity (Wildman–Crippen MR) is 64.9 cm³/mol. The Bertz CT molecular complexity index is 583. The van der Waals surface area contributed by atoms with Gasteiger partial charge in [-0.15, -0.1) is 0 Å². The van der Waals surface area contributed by atoms with Gasteiger partial charge < -0.3 is 5.11 Å². The molecule has 0 heterocycles. The maximum absolute atomic E-state index is 13.1. The van der Waals surface area contributed by atoms with Crippen LogP contribution in [0.2, 0.25) is 0 Å². The van der Waals surface area contributed by atoms with Gasteiger partial charge in [-0.3, -0.25) is 0 Å². The van der Waals surface area contributed by atoms with Gasteiger partial charge in [0, 0.05) is 6.04 Å². The summed E-state index contributed by atoms with van der Waals surface area (Å²) in [7, 11) is -4.21. The summed E-state index contributed by atoms with van der Waals surface area (Å²) in [5.74, 6) is -4.87. The number of benzene rings is 1. The Kier molecular flexibility index (Phi) is 4.36. The summed E-state index contributed by atoms with van der Waals surface area (Å²) in [4.78, 5) is -0.702. The highest BCUT2D eigenvalue weighted by molar-refractivity contribution is 7.89. The van der Waals surface area contributed by atoms with Gasteiger partial charge in [-0.25, -0.2) is 26.3 Å². The van der Waals surface area contributed by atoms with Crippen LogP contribution in [0.25, 0.3) is 0 Å². The van der Waals surface area contributed by atoms with Crippen molar-refractivity contribution in [3.05, 3.63) is 29.6 Å². The number of sulfonamides is 1. The zero-order chi connectivity index (χ0) is 14.9. The molecule has 2 unspecified atom stereocenters. The number of halogens is 3. The molecule has 0 bridgehead atoms. The van der Waals surface area contributed by atoms with Crippen LogP contribution in [0.1, 0.15) is 25.7 Å². The molecule has 1 fully saturated rings. The molecular weight excluding hydrogens is 295 g/mol. The number of hydrogen-bond acceptors (Lipinski definition) is 3. The minimum atomic E-state index is -4.21. The van der Waals surface area contributed by atoms with Crippen LogP contribution in [-0.2, 0) is 10.0 Å². The molecule has 0 aliphatic heterocycles. The van der Waals surface area contributed by atoms with Gasteiger partial charge in [-0.05, 0) is 25.0 Å². The lowest BCUT2D eigenvalue weighted by Crippen LogP contribution is -2.45. The summed E-state index contributed by atoms with van der Waals surface area (Å²) in [5.41, 5.74) is 0. The second-order valence-corrected chi connectivity index (χ2v) is 6.49. The van der Waals surface area contributed by atoms with Crippen molar-refractivity contribution in [2.45, 2.75) is 42.7 Å². The van der Waals surface area contributed by atoms with Crippen LogP contribution in [0.4, 0.5) is 13.2 Å². The van der Waals surface area contributed by atoms with E-state index in [0.717, 1.165) is 12.8 Å². The van der Waals surface area contributed by atoms with Gasteiger partial charge in [0.1, 0.15) is 0 Å². The van der Waals surface area contributed by atoms with E-state index in [4.69, 9.17) is 0 Å². The van der Waals surface area contributed by atoms with Crippen molar-refractivity contribution in [1.82, 2.24) is 4.72 Å². The Morgan fingerprint density at radius 2 is 1.65 bits per heavy atom.